The third kappa shape index (κ3) is 3.57. The van der Waals surface area contributed by atoms with Crippen LogP contribution >= 0.6 is 0 Å². The Morgan fingerprint density at radius 2 is 1.96 bits per heavy atom. The number of rotatable bonds is 5. The Bertz CT molecular complexity index is 1110. The Morgan fingerprint density at radius 3 is 2.68 bits per heavy atom. The van der Waals surface area contributed by atoms with E-state index in [2.05, 4.69) is 21.2 Å². The van der Waals surface area contributed by atoms with E-state index in [1.807, 2.05) is 43.4 Å². The van der Waals surface area contributed by atoms with Gasteiger partial charge in [-0.3, -0.25) is 5.10 Å². The van der Waals surface area contributed by atoms with E-state index >= 15 is 0 Å². The smallest absolute Gasteiger partial charge is 0.148 e. The number of nitrogens with one attached hydrogen (secondary N) is 1. The molecular formula is C21H21FN6. The molecule has 142 valence electrons. The van der Waals surface area contributed by atoms with Crippen molar-refractivity contribution in [1.29, 1.82) is 0 Å². The van der Waals surface area contributed by atoms with Gasteiger partial charge in [0.15, 0.2) is 0 Å². The largest absolute Gasteiger partial charge is 0.362 e. The second-order valence-electron chi connectivity index (χ2n) is 6.96. The van der Waals surface area contributed by atoms with Crippen molar-refractivity contribution in [2.24, 2.45) is 5.73 Å². The highest BCUT2D eigenvalue weighted by molar-refractivity contribution is 5.92. The van der Waals surface area contributed by atoms with Gasteiger partial charge in [0.2, 0.25) is 0 Å². The minimum atomic E-state index is -0.432. The molecule has 2 heterocycles. The highest BCUT2D eigenvalue weighted by Gasteiger charge is 2.16. The first-order chi connectivity index (χ1) is 13.5. The number of fused-ring (bicyclic) bond motifs is 1. The molecule has 1 atom stereocenters. The summed E-state index contributed by atoms with van der Waals surface area (Å²) in [7, 11) is 3.88. The van der Waals surface area contributed by atoms with E-state index in [1.54, 1.807) is 12.3 Å². The van der Waals surface area contributed by atoms with Crippen molar-refractivity contribution in [2.45, 2.75) is 12.5 Å². The van der Waals surface area contributed by atoms with Gasteiger partial charge >= 0.3 is 0 Å². The molecule has 0 saturated carbocycles. The summed E-state index contributed by atoms with van der Waals surface area (Å²) >= 11 is 0. The van der Waals surface area contributed by atoms with Crippen molar-refractivity contribution in [2.75, 3.05) is 19.0 Å². The first kappa shape index (κ1) is 18.1. The van der Waals surface area contributed by atoms with Gasteiger partial charge in [-0.15, -0.1) is 0 Å². The number of H-pyrrole nitrogens is 1. The zero-order valence-corrected chi connectivity index (χ0v) is 15.7. The molecule has 6 nitrogen and oxygen atoms in total. The first-order valence-electron chi connectivity index (χ1n) is 8.99. The number of nitrogens with zero attached hydrogens (tertiary/aromatic N) is 4. The van der Waals surface area contributed by atoms with E-state index < -0.39 is 6.04 Å². The van der Waals surface area contributed by atoms with Crippen LogP contribution in [-0.4, -0.2) is 34.3 Å². The molecule has 0 aliphatic carbocycles. The van der Waals surface area contributed by atoms with Gasteiger partial charge in [-0.2, -0.15) is 5.10 Å². The highest BCUT2D eigenvalue weighted by atomic mass is 19.1. The summed E-state index contributed by atoms with van der Waals surface area (Å²) in [6.07, 6.45) is 4.09. The van der Waals surface area contributed by atoms with Gasteiger partial charge in [0.25, 0.3) is 0 Å². The summed E-state index contributed by atoms with van der Waals surface area (Å²) in [5.74, 6) is 1.06. The van der Waals surface area contributed by atoms with E-state index in [4.69, 9.17) is 10.7 Å². The molecule has 4 rings (SSSR count). The maximum absolute atomic E-state index is 13.5. The Kier molecular flexibility index (Phi) is 4.75. The maximum atomic E-state index is 13.5. The Balaban J connectivity index is 1.74. The molecular weight excluding hydrogens is 355 g/mol. The van der Waals surface area contributed by atoms with E-state index in [0.717, 1.165) is 33.4 Å². The summed E-state index contributed by atoms with van der Waals surface area (Å²) in [6.45, 7) is 0. The SMILES string of the molecule is CN(C)c1nc([C@@H](N)Cc2cccc(F)c2)nc2ccc(-c3cn[nH]c3)cc12. The molecule has 0 aliphatic rings. The summed E-state index contributed by atoms with van der Waals surface area (Å²) < 4.78 is 13.5. The van der Waals surface area contributed by atoms with Crippen LogP contribution < -0.4 is 10.6 Å². The lowest BCUT2D eigenvalue weighted by atomic mass is 10.0. The van der Waals surface area contributed by atoms with Gasteiger partial charge < -0.3 is 10.6 Å². The number of benzene rings is 2. The molecule has 2 aromatic heterocycles. The first-order valence-corrected chi connectivity index (χ1v) is 8.99. The zero-order chi connectivity index (χ0) is 19.7. The lowest BCUT2D eigenvalue weighted by Crippen LogP contribution is -2.20. The number of aromatic amines is 1. The zero-order valence-electron chi connectivity index (χ0n) is 15.7. The lowest BCUT2D eigenvalue weighted by molar-refractivity contribution is 0.618. The molecule has 28 heavy (non-hydrogen) atoms. The van der Waals surface area contributed by atoms with Gasteiger partial charge in [0.1, 0.15) is 17.5 Å². The molecule has 0 unspecified atom stereocenters. The topological polar surface area (TPSA) is 83.7 Å². The number of aromatic nitrogens is 4. The van der Waals surface area contributed by atoms with Crippen LogP contribution in [0.1, 0.15) is 17.4 Å². The fraction of sp³-hybridized carbons (Fsp3) is 0.190. The quantitative estimate of drug-likeness (QED) is 0.557. The van der Waals surface area contributed by atoms with E-state index in [-0.39, 0.29) is 5.82 Å². The van der Waals surface area contributed by atoms with Gasteiger partial charge in [-0.1, -0.05) is 18.2 Å². The third-order valence-electron chi connectivity index (χ3n) is 4.62. The van der Waals surface area contributed by atoms with Gasteiger partial charge in [0, 0.05) is 31.2 Å². The second-order valence-corrected chi connectivity index (χ2v) is 6.96. The van der Waals surface area contributed by atoms with Crippen LogP contribution in [0.3, 0.4) is 0 Å². The third-order valence-corrected chi connectivity index (χ3v) is 4.62. The number of nitrogens with two attached hydrogens (primary N) is 1. The van der Waals surface area contributed by atoms with Crippen molar-refractivity contribution in [3.8, 4) is 11.1 Å². The monoisotopic (exact) mass is 376 g/mol. The Hall–Kier alpha value is -3.32. The molecule has 3 N–H and O–H groups in total. The van der Waals surface area contributed by atoms with Gasteiger partial charge in [-0.05, 0) is 41.8 Å². The summed E-state index contributed by atoms with van der Waals surface area (Å²) in [5.41, 5.74) is 10.0. The van der Waals surface area contributed by atoms with E-state index in [9.17, 15) is 4.39 Å². The normalized spacial score (nSPS) is 12.3. The molecule has 0 fully saturated rings. The van der Waals surface area contributed by atoms with E-state index in [0.29, 0.717) is 12.2 Å². The number of halogens is 1. The Morgan fingerprint density at radius 1 is 1.11 bits per heavy atom. The summed E-state index contributed by atoms with van der Waals surface area (Å²) in [4.78, 5) is 11.3. The fourth-order valence-electron chi connectivity index (χ4n) is 3.23. The van der Waals surface area contributed by atoms with Crippen LogP contribution in [0.15, 0.2) is 54.9 Å². The standard InChI is InChI=1S/C21H21FN6/c1-28(2)21-17-10-14(15-11-24-25-12-15)6-7-19(17)26-20(27-21)18(23)9-13-4-3-5-16(22)8-13/h3-8,10-12,18H,9,23H2,1-2H3,(H,24,25)/t18-/m0/s1. The van der Waals surface area contributed by atoms with Crippen LogP contribution in [0, 0.1) is 5.82 Å². The van der Waals surface area contributed by atoms with Crippen LogP contribution in [0.25, 0.3) is 22.0 Å². The predicted octanol–water partition coefficient (Wildman–Crippen LogP) is 3.47. The van der Waals surface area contributed by atoms with Crippen molar-refractivity contribution in [3.05, 3.63) is 72.1 Å². The molecule has 7 heteroatoms. The molecule has 0 radical (unpaired) electrons. The van der Waals surface area contributed by atoms with Crippen molar-refractivity contribution in [1.82, 2.24) is 20.2 Å². The van der Waals surface area contributed by atoms with Crippen molar-refractivity contribution in [3.63, 3.8) is 0 Å². The average molecular weight is 376 g/mol. The predicted molar refractivity (Wildman–Crippen MR) is 108 cm³/mol. The molecule has 0 saturated heterocycles. The highest BCUT2D eigenvalue weighted by Crippen LogP contribution is 2.29. The molecule has 0 amide bonds. The second kappa shape index (κ2) is 7.36. The minimum Gasteiger partial charge on any atom is -0.362 e. The molecule has 4 aromatic rings. The average Bonchev–Trinajstić information content (AvgIpc) is 3.21. The number of hydrogen-bond acceptors (Lipinski definition) is 5. The molecule has 2 aromatic carbocycles. The van der Waals surface area contributed by atoms with Crippen LogP contribution in [-0.2, 0) is 6.42 Å². The minimum absolute atomic E-state index is 0.273. The summed E-state index contributed by atoms with van der Waals surface area (Å²) in [6, 6.07) is 12.0. The van der Waals surface area contributed by atoms with Crippen LogP contribution in [0.5, 0.6) is 0 Å². The fourth-order valence-corrected chi connectivity index (χ4v) is 3.23. The lowest BCUT2D eigenvalue weighted by Gasteiger charge is -2.18. The van der Waals surface area contributed by atoms with Crippen molar-refractivity contribution >= 4 is 16.7 Å². The number of anilines is 1. The van der Waals surface area contributed by atoms with Crippen LogP contribution in [0.4, 0.5) is 10.2 Å². The maximum Gasteiger partial charge on any atom is 0.148 e. The molecule has 0 bridgehead atoms. The number of hydrogen-bond donors (Lipinski definition) is 2. The van der Waals surface area contributed by atoms with E-state index in [1.165, 1.54) is 12.1 Å². The van der Waals surface area contributed by atoms with Gasteiger partial charge in [-0.25, -0.2) is 14.4 Å². The molecule has 0 aliphatic heterocycles. The summed E-state index contributed by atoms with van der Waals surface area (Å²) in [5, 5.41) is 7.78. The van der Waals surface area contributed by atoms with Gasteiger partial charge in [0.05, 0.1) is 17.8 Å². The molecule has 0 spiro atoms. The van der Waals surface area contributed by atoms with Crippen LogP contribution in [0.2, 0.25) is 0 Å². The van der Waals surface area contributed by atoms with Crippen molar-refractivity contribution < 1.29 is 4.39 Å². The Labute approximate surface area is 162 Å².